The lowest BCUT2D eigenvalue weighted by atomic mass is 9.87. The molecular weight excluding hydrogens is 478 g/mol. The number of aliphatic hydroxyl groups is 1. The molecule has 0 bridgehead atoms. The topological polar surface area (TPSA) is 91.6 Å². The number of pyridine rings is 1. The summed E-state index contributed by atoms with van der Waals surface area (Å²) in [6.45, 7) is 2.13. The van der Waals surface area contributed by atoms with E-state index in [1.54, 1.807) is 23.0 Å². The van der Waals surface area contributed by atoms with Crippen LogP contribution in [-0.2, 0) is 11.3 Å². The molecular formula is C30H35N5O3. The molecule has 1 saturated carbocycles. The fourth-order valence-electron chi connectivity index (χ4n) is 6.55. The Labute approximate surface area is 223 Å². The number of nitrogens with zero attached hydrogens (tertiary/aromatic N) is 5. The van der Waals surface area contributed by atoms with Crippen LogP contribution in [0.25, 0.3) is 11.3 Å². The van der Waals surface area contributed by atoms with Crippen LogP contribution in [0.2, 0.25) is 0 Å². The molecule has 1 aromatic carbocycles. The van der Waals surface area contributed by atoms with Crippen molar-refractivity contribution in [3.8, 4) is 11.3 Å². The van der Waals surface area contributed by atoms with Gasteiger partial charge >= 0.3 is 0 Å². The molecule has 2 fully saturated rings. The Morgan fingerprint density at radius 3 is 2.53 bits per heavy atom. The van der Waals surface area contributed by atoms with Gasteiger partial charge in [0.25, 0.3) is 5.56 Å². The van der Waals surface area contributed by atoms with E-state index in [2.05, 4.69) is 9.88 Å². The SMILES string of the molecule is O=C(C1CCCCC1)N1CCC2(CCn3c(nc(-c4ccncc4)cc3=O)N2C[C@H](O)c2ccccc2)C1. The summed E-state index contributed by atoms with van der Waals surface area (Å²) >= 11 is 0. The Morgan fingerprint density at radius 2 is 1.76 bits per heavy atom. The standard InChI is InChI=1S/C30H35N5O3/c36-26(23-7-3-1-4-8-23)20-35-29-32-25(22-11-15-31-16-12-22)19-27(37)34(29)18-14-30(35)13-17-33(21-30)28(38)24-9-5-2-6-10-24/h1,3-4,7-8,11-12,15-16,19,24,26,36H,2,5-6,9-10,13-14,17-18,20-21H2/t26-,30?/m0/s1. The summed E-state index contributed by atoms with van der Waals surface area (Å²) in [6, 6.07) is 14.9. The van der Waals surface area contributed by atoms with Crippen LogP contribution in [0.15, 0.2) is 65.7 Å². The number of fused-ring (bicyclic) bond motifs is 1. The van der Waals surface area contributed by atoms with Crippen LogP contribution >= 0.6 is 0 Å². The van der Waals surface area contributed by atoms with Gasteiger partial charge in [-0.25, -0.2) is 4.98 Å². The lowest BCUT2D eigenvalue weighted by Crippen LogP contribution is -2.58. The monoisotopic (exact) mass is 513 g/mol. The minimum absolute atomic E-state index is 0.107. The van der Waals surface area contributed by atoms with Crippen LogP contribution in [0, 0.1) is 5.92 Å². The molecule has 1 saturated heterocycles. The second-order valence-electron chi connectivity index (χ2n) is 11.0. The maximum absolute atomic E-state index is 13.5. The highest BCUT2D eigenvalue weighted by molar-refractivity contribution is 5.79. The number of hydrogen-bond acceptors (Lipinski definition) is 6. The zero-order chi connectivity index (χ0) is 26.1. The number of β-amino-alcohol motifs (C(OH)–C–C–N with tert-alkyl or cyclic N) is 1. The lowest BCUT2D eigenvalue weighted by molar-refractivity contribution is -0.135. The third-order valence-electron chi connectivity index (χ3n) is 8.72. The summed E-state index contributed by atoms with van der Waals surface area (Å²) in [5.74, 6) is 0.960. The molecule has 1 amide bonds. The van der Waals surface area contributed by atoms with Gasteiger partial charge in [0.2, 0.25) is 11.9 Å². The van der Waals surface area contributed by atoms with E-state index in [1.807, 2.05) is 47.4 Å². The molecule has 4 heterocycles. The third kappa shape index (κ3) is 4.62. The van der Waals surface area contributed by atoms with Crippen molar-refractivity contribution in [3.05, 3.63) is 76.8 Å². The molecule has 2 aromatic heterocycles. The van der Waals surface area contributed by atoms with Gasteiger partial charge in [-0.3, -0.25) is 19.1 Å². The van der Waals surface area contributed by atoms with Gasteiger partial charge in [-0.2, -0.15) is 0 Å². The molecule has 198 valence electrons. The summed E-state index contributed by atoms with van der Waals surface area (Å²) in [6.07, 6.45) is 9.58. The van der Waals surface area contributed by atoms with E-state index in [4.69, 9.17) is 4.98 Å². The second-order valence-corrected chi connectivity index (χ2v) is 11.0. The van der Waals surface area contributed by atoms with E-state index in [-0.39, 0.29) is 22.9 Å². The molecule has 8 nitrogen and oxygen atoms in total. The van der Waals surface area contributed by atoms with Crippen molar-refractivity contribution in [3.63, 3.8) is 0 Å². The highest BCUT2D eigenvalue weighted by Crippen LogP contribution is 2.41. The number of likely N-dealkylation sites (tertiary alicyclic amines) is 1. The molecule has 38 heavy (non-hydrogen) atoms. The number of carbonyl (C=O) groups excluding carboxylic acids is 1. The van der Waals surface area contributed by atoms with Crippen molar-refractivity contribution < 1.29 is 9.90 Å². The van der Waals surface area contributed by atoms with Crippen molar-refractivity contribution in [2.45, 2.75) is 63.1 Å². The zero-order valence-electron chi connectivity index (χ0n) is 21.7. The first-order valence-corrected chi connectivity index (χ1v) is 13.9. The largest absolute Gasteiger partial charge is 0.387 e. The minimum Gasteiger partial charge on any atom is -0.387 e. The summed E-state index contributed by atoms with van der Waals surface area (Å²) in [5.41, 5.74) is 1.75. The van der Waals surface area contributed by atoms with Crippen LogP contribution in [-0.4, -0.2) is 55.6 Å². The molecule has 1 spiro atoms. The quantitative estimate of drug-likeness (QED) is 0.558. The van der Waals surface area contributed by atoms with Crippen molar-refractivity contribution in [2.75, 3.05) is 24.5 Å². The first kappa shape index (κ1) is 24.8. The average molecular weight is 514 g/mol. The number of aromatic nitrogens is 3. The van der Waals surface area contributed by atoms with Crippen LogP contribution in [0.1, 0.15) is 56.6 Å². The molecule has 0 radical (unpaired) electrons. The van der Waals surface area contributed by atoms with Crippen molar-refractivity contribution in [1.82, 2.24) is 19.4 Å². The van der Waals surface area contributed by atoms with E-state index >= 15 is 0 Å². The number of amides is 1. The van der Waals surface area contributed by atoms with Gasteiger partial charge < -0.3 is 14.9 Å². The summed E-state index contributed by atoms with van der Waals surface area (Å²) in [7, 11) is 0. The Bertz CT molecular complexity index is 1340. The molecule has 2 aliphatic heterocycles. The Morgan fingerprint density at radius 1 is 1.03 bits per heavy atom. The maximum Gasteiger partial charge on any atom is 0.255 e. The average Bonchev–Trinajstić information content (AvgIpc) is 3.40. The van der Waals surface area contributed by atoms with Crippen molar-refractivity contribution in [2.24, 2.45) is 5.92 Å². The van der Waals surface area contributed by atoms with E-state index < -0.39 is 6.10 Å². The Hall–Kier alpha value is -3.52. The van der Waals surface area contributed by atoms with Crippen LogP contribution < -0.4 is 10.5 Å². The van der Waals surface area contributed by atoms with Gasteiger partial charge in [0.05, 0.1) is 23.9 Å². The molecule has 3 aromatic rings. The minimum atomic E-state index is -0.760. The summed E-state index contributed by atoms with van der Waals surface area (Å²) in [4.78, 5) is 40.1. The first-order valence-electron chi connectivity index (χ1n) is 13.9. The number of hydrogen-bond donors (Lipinski definition) is 1. The van der Waals surface area contributed by atoms with E-state index in [1.165, 1.54) is 6.42 Å². The molecule has 8 heteroatoms. The zero-order valence-corrected chi connectivity index (χ0v) is 21.7. The maximum atomic E-state index is 13.5. The van der Waals surface area contributed by atoms with Gasteiger partial charge in [0, 0.05) is 49.6 Å². The van der Waals surface area contributed by atoms with Gasteiger partial charge in [-0.05, 0) is 43.4 Å². The van der Waals surface area contributed by atoms with E-state index in [0.717, 1.165) is 49.7 Å². The molecule has 2 atom stereocenters. The predicted octanol–water partition coefficient (Wildman–Crippen LogP) is 3.80. The smallest absolute Gasteiger partial charge is 0.255 e. The number of carbonyl (C=O) groups is 1. The fourth-order valence-corrected chi connectivity index (χ4v) is 6.55. The molecule has 3 aliphatic rings. The fraction of sp³-hybridized carbons (Fsp3) is 0.467. The highest BCUT2D eigenvalue weighted by atomic mass is 16.3. The molecule has 1 N–H and O–H groups in total. The summed E-state index contributed by atoms with van der Waals surface area (Å²) in [5, 5.41) is 11.3. The number of rotatable bonds is 5. The van der Waals surface area contributed by atoms with Crippen molar-refractivity contribution >= 4 is 11.9 Å². The Balaban J connectivity index is 1.38. The third-order valence-corrected chi connectivity index (χ3v) is 8.72. The van der Waals surface area contributed by atoms with E-state index in [9.17, 15) is 14.7 Å². The number of benzene rings is 1. The van der Waals surface area contributed by atoms with Crippen molar-refractivity contribution in [1.29, 1.82) is 0 Å². The van der Waals surface area contributed by atoms with Crippen LogP contribution in [0.5, 0.6) is 0 Å². The van der Waals surface area contributed by atoms with Gasteiger partial charge in [-0.15, -0.1) is 0 Å². The normalized spacial score (nSPS) is 22.4. The predicted molar refractivity (Wildman–Crippen MR) is 146 cm³/mol. The van der Waals surface area contributed by atoms with E-state index in [0.29, 0.717) is 37.8 Å². The lowest BCUT2D eigenvalue weighted by Gasteiger charge is -2.47. The summed E-state index contributed by atoms with van der Waals surface area (Å²) < 4.78 is 1.72. The van der Waals surface area contributed by atoms with Crippen LogP contribution in [0.4, 0.5) is 5.95 Å². The second kappa shape index (κ2) is 10.3. The number of aliphatic hydroxyl groups excluding tert-OH is 1. The first-order chi connectivity index (χ1) is 18.5. The molecule has 6 rings (SSSR count). The Kier molecular flexibility index (Phi) is 6.74. The van der Waals surface area contributed by atoms with Gasteiger partial charge in [0.1, 0.15) is 0 Å². The molecule has 1 aliphatic carbocycles. The van der Waals surface area contributed by atoms with Crippen LogP contribution in [0.3, 0.4) is 0 Å². The van der Waals surface area contributed by atoms with Gasteiger partial charge in [-0.1, -0.05) is 49.6 Å². The van der Waals surface area contributed by atoms with Gasteiger partial charge in [0.15, 0.2) is 0 Å². The highest BCUT2D eigenvalue weighted by Gasteiger charge is 2.49. The number of anilines is 1. The molecule has 1 unspecified atom stereocenters.